The smallest absolute Gasteiger partial charge is 0.335 e. The maximum absolute atomic E-state index is 12.1. The summed E-state index contributed by atoms with van der Waals surface area (Å²) in [5, 5.41) is 17.5. The highest BCUT2D eigenvalue weighted by molar-refractivity contribution is 7.92. The first-order valence-electron chi connectivity index (χ1n) is 5.65. The monoisotopic (exact) mass is 303 g/mol. The number of carboxylic acid groups (broad SMARTS) is 1. The van der Waals surface area contributed by atoms with Gasteiger partial charge in [0.1, 0.15) is 11.9 Å². The van der Waals surface area contributed by atoms with Gasteiger partial charge in [-0.15, -0.1) is 0 Å². The summed E-state index contributed by atoms with van der Waals surface area (Å²) < 4.78 is 26.5. The Morgan fingerprint density at radius 2 is 2.05 bits per heavy atom. The lowest BCUT2D eigenvalue weighted by atomic mass is 10.2. The van der Waals surface area contributed by atoms with Gasteiger partial charge in [0, 0.05) is 6.20 Å². The predicted octanol–water partition coefficient (Wildman–Crippen LogP) is 1.45. The van der Waals surface area contributed by atoms with Crippen molar-refractivity contribution in [2.45, 2.75) is 4.90 Å². The third-order valence-corrected chi connectivity index (χ3v) is 3.88. The minimum Gasteiger partial charge on any atom is -0.478 e. The molecule has 21 heavy (non-hydrogen) atoms. The number of nitrogens with zero attached hydrogens (tertiary/aromatic N) is 2. The molecule has 0 aliphatic heterocycles. The highest BCUT2D eigenvalue weighted by Gasteiger charge is 2.16. The van der Waals surface area contributed by atoms with Crippen LogP contribution in [0.25, 0.3) is 0 Å². The Kier molecular flexibility index (Phi) is 3.86. The molecule has 0 amide bonds. The van der Waals surface area contributed by atoms with E-state index in [1.807, 2.05) is 6.07 Å². The van der Waals surface area contributed by atoms with Crippen LogP contribution in [0, 0.1) is 11.3 Å². The summed E-state index contributed by atoms with van der Waals surface area (Å²) in [6.45, 7) is 0. The van der Waals surface area contributed by atoms with Gasteiger partial charge in [-0.05, 0) is 30.3 Å². The second-order valence-corrected chi connectivity index (χ2v) is 5.66. The summed E-state index contributed by atoms with van der Waals surface area (Å²) in [5.41, 5.74) is 0.163. The first kappa shape index (κ1) is 14.5. The molecule has 0 unspecified atom stereocenters. The van der Waals surface area contributed by atoms with Gasteiger partial charge in [0.15, 0.2) is 0 Å². The van der Waals surface area contributed by atoms with E-state index in [0.717, 1.165) is 6.07 Å². The predicted molar refractivity (Wildman–Crippen MR) is 73.2 cm³/mol. The zero-order valence-electron chi connectivity index (χ0n) is 10.5. The van der Waals surface area contributed by atoms with Crippen molar-refractivity contribution in [2.24, 2.45) is 0 Å². The van der Waals surface area contributed by atoms with Crippen LogP contribution in [-0.4, -0.2) is 24.5 Å². The number of aromatic nitrogens is 1. The van der Waals surface area contributed by atoms with Gasteiger partial charge in [-0.2, -0.15) is 5.26 Å². The highest BCUT2D eigenvalue weighted by atomic mass is 32.2. The number of pyridine rings is 1. The lowest BCUT2D eigenvalue weighted by Gasteiger charge is -2.07. The number of sulfonamides is 1. The van der Waals surface area contributed by atoms with Crippen molar-refractivity contribution in [2.75, 3.05) is 4.72 Å². The van der Waals surface area contributed by atoms with E-state index in [1.165, 1.54) is 36.5 Å². The molecule has 0 saturated heterocycles. The van der Waals surface area contributed by atoms with Crippen molar-refractivity contribution < 1.29 is 18.3 Å². The van der Waals surface area contributed by atoms with Crippen LogP contribution in [-0.2, 0) is 10.0 Å². The average Bonchev–Trinajstić information content (AvgIpc) is 2.48. The minimum atomic E-state index is -3.95. The van der Waals surface area contributed by atoms with Gasteiger partial charge in [-0.25, -0.2) is 18.2 Å². The number of hydrogen-bond acceptors (Lipinski definition) is 5. The molecule has 0 bridgehead atoms. The average molecular weight is 303 g/mol. The third-order valence-electron chi connectivity index (χ3n) is 2.52. The molecule has 0 saturated carbocycles. The van der Waals surface area contributed by atoms with Gasteiger partial charge in [0.25, 0.3) is 10.0 Å². The van der Waals surface area contributed by atoms with E-state index in [9.17, 15) is 13.2 Å². The van der Waals surface area contributed by atoms with E-state index in [2.05, 4.69) is 9.71 Å². The maximum Gasteiger partial charge on any atom is 0.335 e. The Morgan fingerprint density at radius 1 is 1.29 bits per heavy atom. The minimum absolute atomic E-state index is 0.0368. The maximum atomic E-state index is 12.1. The number of rotatable bonds is 4. The molecule has 0 aliphatic rings. The molecule has 8 heteroatoms. The number of carboxylic acids is 1. The lowest BCUT2D eigenvalue weighted by Crippen LogP contribution is -2.14. The molecule has 1 aromatic heterocycles. The van der Waals surface area contributed by atoms with Gasteiger partial charge in [-0.1, -0.05) is 6.07 Å². The Morgan fingerprint density at radius 3 is 2.62 bits per heavy atom. The number of anilines is 1. The van der Waals surface area contributed by atoms with Crippen LogP contribution < -0.4 is 4.72 Å². The Labute approximate surface area is 120 Å². The lowest BCUT2D eigenvalue weighted by molar-refractivity contribution is 0.0696. The van der Waals surface area contributed by atoms with Crippen LogP contribution in [0.3, 0.4) is 0 Å². The van der Waals surface area contributed by atoms with Crippen LogP contribution in [0.1, 0.15) is 15.9 Å². The van der Waals surface area contributed by atoms with Crippen molar-refractivity contribution in [3.8, 4) is 6.07 Å². The van der Waals surface area contributed by atoms with Gasteiger partial charge in [0.05, 0.1) is 16.0 Å². The number of benzene rings is 1. The Hall–Kier alpha value is -2.92. The van der Waals surface area contributed by atoms with Gasteiger partial charge in [0.2, 0.25) is 0 Å². The quantitative estimate of drug-likeness (QED) is 0.882. The molecule has 0 spiro atoms. The fourth-order valence-corrected chi connectivity index (χ4v) is 2.57. The van der Waals surface area contributed by atoms with Crippen molar-refractivity contribution >= 4 is 21.8 Å². The zero-order chi connectivity index (χ0) is 15.5. The SMILES string of the molecule is N#Cc1ccc(NS(=O)(=O)c2cccc(C(=O)O)c2)nc1. The summed E-state index contributed by atoms with van der Waals surface area (Å²) in [5.74, 6) is -1.18. The molecule has 2 aromatic rings. The molecular formula is C13H9N3O4S. The van der Waals surface area contributed by atoms with Crippen molar-refractivity contribution in [1.82, 2.24) is 4.98 Å². The largest absolute Gasteiger partial charge is 0.478 e. The molecule has 106 valence electrons. The van der Waals surface area contributed by atoms with Crippen molar-refractivity contribution in [3.05, 3.63) is 53.7 Å². The van der Waals surface area contributed by atoms with E-state index >= 15 is 0 Å². The zero-order valence-corrected chi connectivity index (χ0v) is 11.3. The number of carbonyl (C=O) groups is 1. The summed E-state index contributed by atoms with van der Waals surface area (Å²) >= 11 is 0. The second kappa shape index (κ2) is 5.60. The van der Waals surface area contributed by atoms with Crippen LogP contribution in [0.4, 0.5) is 5.82 Å². The number of hydrogen-bond donors (Lipinski definition) is 2. The van der Waals surface area contributed by atoms with E-state index in [0.29, 0.717) is 5.56 Å². The highest BCUT2D eigenvalue weighted by Crippen LogP contribution is 2.16. The molecule has 1 heterocycles. The molecule has 2 N–H and O–H groups in total. The van der Waals surface area contributed by atoms with Crippen LogP contribution in [0.2, 0.25) is 0 Å². The number of aromatic carboxylic acids is 1. The topological polar surface area (TPSA) is 120 Å². The first-order valence-corrected chi connectivity index (χ1v) is 7.13. The normalized spacial score (nSPS) is 10.6. The van der Waals surface area contributed by atoms with Gasteiger partial charge >= 0.3 is 5.97 Å². The molecule has 0 fully saturated rings. The standard InChI is InChI=1S/C13H9N3O4S/c14-7-9-4-5-12(15-8-9)16-21(19,20)11-3-1-2-10(6-11)13(17)18/h1-6,8H,(H,15,16)(H,17,18). The summed E-state index contributed by atoms with van der Waals surface area (Å²) in [6, 6.07) is 9.58. The fraction of sp³-hybridized carbons (Fsp3) is 0. The number of nitrogens with one attached hydrogen (secondary N) is 1. The Bertz CT molecular complexity index is 823. The van der Waals surface area contributed by atoms with E-state index in [1.54, 1.807) is 0 Å². The fourth-order valence-electron chi connectivity index (χ4n) is 1.51. The van der Waals surface area contributed by atoms with E-state index in [-0.39, 0.29) is 16.3 Å². The van der Waals surface area contributed by atoms with E-state index in [4.69, 9.17) is 10.4 Å². The molecule has 0 atom stereocenters. The molecule has 0 aliphatic carbocycles. The molecule has 2 rings (SSSR count). The second-order valence-electron chi connectivity index (χ2n) is 3.98. The molecule has 1 aromatic carbocycles. The van der Waals surface area contributed by atoms with Crippen LogP contribution in [0.15, 0.2) is 47.5 Å². The molecule has 7 nitrogen and oxygen atoms in total. The molecular weight excluding hydrogens is 294 g/mol. The summed E-state index contributed by atoms with van der Waals surface area (Å²) in [6.07, 6.45) is 1.23. The first-order chi connectivity index (χ1) is 9.92. The molecule has 0 radical (unpaired) electrons. The Balaban J connectivity index is 2.31. The van der Waals surface area contributed by atoms with Crippen LogP contribution >= 0.6 is 0 Å². The van der Waals surface area contributed by atoms with E-state index < -0.39 is 16.0 Å². The van der Waals surface area contributed by atoms with Crippen LogP contribution in [0.5, 0.6) is 0 Å². The third kappa shape index (κ3) is 3.34. The number of nitriles is 1. The van der Waals surface area contributed by atoms with Gasteiger partial charge in [-0.3, -0.25) is 4.72 Å². The summed E-state index contributed by atoms with van der Waals surface area (Å²) in [4.78, 5) is 14.5. The van der Waals surface area contributed by atoms with Gasteiger partial charge < -0.3 is 5.11 Å². The summed E-state index contributed by atoms with van der Waals surface area (Å²) in [7, 11) is -3.95. The van der Waals surface area contributed by atoms with Crippen molar-refractivity contribution in [3.63, 3.8) is 0 Å². The van der Waals surface area contributed by atoms with Crippen molar-refractivity contribution in [1.29, 1.82) is 5.26 Å².